The lowest BCUT2D eigenvalue weighted by atomic mass is 10.0. The second-order valence-electron chi connectivity index (χ2n) is 3.59. The highest BCUT2D eigenvalue weighted by molar-refractivity contribution is 6.09. The van der Waals surface area contributed by atoms with Gasteiger partial charge in [0.1, 0.15) is 12.1 Å². The molecule has 0 bridgehead atoms. The molecule has 2 N–H and O–H groups in total. The Balaban J connectivity index is 2.19. The molecule has 0 spiro atoms. The second kappa shape index (κ2) is 3.44. The quantitative estimate of drug-likeness (QED) is 0.765. The fourth-order valence-corrected chi connectivity index (χ4v) is 1.83. The number of hydrogen-bond donors (Lipinski definition) is 2. The minimum absolute atomic E-state index is 0.527. The molecule has 0 atom stereocenters. The Kier molecular flexibility index (Phi) is 1.96. The number of fused-ring (bicyclic) bond motifs is 1. The molecule has 3 heterocycles. The van der Waals surface area contributed by atoms with Crippen molar-refractivity contribution in [1.29, 1.82) is 5.41 Å². The van der Waals surface area contributed by atoms with E-state index in [9.17, 15) is 0 Å². The molecule has 5 heteroatoms. The molecule has 80 valence electrons. The van der Waals surface area contributed by atoms with Crippen molar-refractivity contribution in [1.82, 2.24) is 9.97 Å². The maximum absolute atomic E-state index is 8.00. The van der Waals surface area contributed by atoms with Gasteiger partial charge in [0.05, 0.1) is 17.3 Å². The van der Waals surface area contributed by atoms with Crippen LogP contribution in [0.2, 0.25) is 0 Å². The van der Waals surface area contributed by atoms with Crippen molar-refractivity contribution in [3.8, 4) is 11.5 Å². The summed E-state index contributed by atoms with van der Waals surface area (Å²) in [5.41, 5.74) is 2.18. The van der Waals surface area contributed by atoms with Crippen LogP contribution in [-0.2, 0) is 0 Å². The summed E-state index contributed by atoms with van der Waals surface area (Å²) in [5, 5.41) is 8.00. The molecule has 2 aromatic heterocycles. The third-order valence-electron chi connectivity index (χ3n) is 2.57. The average Bonchev–Trinajstić information content (AvgIpc) is 2.89. The van der Waals surface area contributed by atoms with E-state index in [-0.39, 0.29) is 0 Å². The van der Waals surface area contributed by atoms with E-state index in [4.69, 9.17) is 9.83 Å². The summed E-state index contributed by atoms with van der Waals surface area (Å²) < 4.78 is 5.25. The van der Waals surface area contributed by atoms with Crippen LogP contribution < -0.4 is 0 Å². The highest BCUT2D eigenvalue weighted by atomic mass is 16.3. The van der Waals surface area contributed by atoms with E-state index in [0.29, 0.717) is 18.0 Å². The lowest BCUT2D eigenvalue weighted by molar-refractivity contribution is 0.574. The smallest absolute Gasteiger partial charge is 0.228 e. The number of aromatic amines is 1. The van der Waals surface area contributed by atoms with Crippen LogP contribution in [0.1, 0.15) is 18.4 Å². The van der Waals surface area contributed by atoms with Crippen LogP contribution in [0.15, 0.2) is 28.1 Å². The lowest BCUT2D eigenvalue weighted by Gasteiger charge is -2.00. The zero-order valence-electron chi connectivity index (χ0n) is 8.53. The van der Waals surface area contributed by atoms with Crippen molar-refractivity contribution < 1.29 is 4.42 Å². The van der Waals surface area contributed by atoms with Gasteiger partial charge < -0.3 is 14.8 Å². The zero-order chi connectivity index (χ0) is 11.0. The van der Waals surface area contributed by atoms with E-state index < -0.39 is 0 Å². The first-order valence-electron chi connectivity index (χ1n) is 5.08. The maximum Gasteiger partial charge on any atom is 0.228 e. The van der Waals surface area contributed by atoms with Crippen LogP contribution >= 0.6 is 0 Å². The minimum Gasteiger partial charge on any atom is -0.444 e. The van der Waals surface area contributed by atoms with Gasteiger partial charge >= 0.3 is 0 Å². The van der Waals surface area contributed by atoms with Gasteiger partial charge in [0.2, 0.25) is 5.89 Å². The van der Waals surface area contributed by atoms with Crippen molar-refractivity contribution in [2.45, 2.75) is 12.8 Å². The highest BCUT2D eigenvalue weighted by Gasteiger charge is 2.20. The van der Waals surface area contributed by atoms with Crippen LogP contribution in [0.3, 0.4) is 0 Å². The second-order valence-corrected chi connectivity index (χ2v) is 3.59. The van der Waals surface area contributed by atoms with E-state index >= 15 is 0 Å². The first-order valence-corrected chi connectivity index (χ1v) is 5.08. The third-order valence-corrected chi connectivity index (χ3v) is 2.57. The van der Waals surface area contributed by atoms with Crippen LogP contribution in [0.4, 0.5) is 5.82 Å². The molecular formula is C11H10N4O. The van der Waals surface area contributed by atoms with Gasteiger partial charge in [-0.3, -0.25) is 0 Å². The molecule has 1 aliphatic heterocycles. The summed E-state index contributed by atoms with van der Waals surface area (Å²) in [5.74, 6) is 1.25. The number of nitrogens with one attached hydrogen (secondary N) is 2. The van der Waals surface area contributed by atoms with Crippen molar-refractivity contribution in [3.05, 3.63) is 24.2 Å². The standard InChI is InChI=1S/C11H10N4O/c12-8-2-1-3-13-10-9(8)7(6-15-10)11-14-4-5-16-11/h3-6,12,15H,1-2H2. The van der Waals surface area contributed by atoms with Crippen molar-refractivity contribution in [2.75, 3.05) is 0 Å². The number of H-pyrrole nitrogens is 1. The Morgan fingerprint density at radius 2 is 2.38 bits per heavy atom. The van der Waals surface area contributed by atoms with E-state index in [0.717, 1.165) is 23.4 Å². The predicted octanol–water partition coefficient (Wildman–Crippen LogP) is 2.53. The highest BCUT2D eigenvalue weighted by Crippen LogP contribution is 2.32. The Hall–Kier alpha value is -2.17. The van der Waals surface area contributed by atoms with Gasteiger partial charge in [-0.1, -0.05) is 0 Å². The fourth-order valence-electron chi connectivity index (χ4n) is 1.83. The van der Waals surface area contributed by atoms with Gasteiger partial charge in [-0.05, 0) is 12.8 Å². The summed E-state index contributed by atoms with van der Waals surface area (Å²) in [7, 11) is 0. The monoisotopic (exact) mass is 214 g/mol. The number of oxazole rings is 1. The number of rotatable bonds is 1. The lowest BCUT2D eigenvalue weighted by Crippen LogP contribution is -1.98. The summed E-state index contributed by atoms with van der Waals surface area (Å²) in [6.45, 7) is 0. The molecule has 0 fully saturated rings. The SMILES string of the molecule is N=C1CCC=Nc2[nH]cc(-c3ncco3)c21. The summed E-state index contributed by atoms with van der Waals surface area (Å²) in [6.07, 6.45) is 8.23. The number of aliphatic imine (C=N–C) groups is 1. The number of aromatic nitrogens is 2. The van der Waals surface area contributed by atoms with Crippen LogP contribution in [0, 0.1) is 5.41 Å². The van der Waals surface area contributed by atoms with Gasteiger partial charge in [0.25, 0.3) is 0 Å². The first kappa shape index (κ1) is 9.08. The normalized spacial score (nSPS) is 14.9. The average molecular weight is 214 g/mol. The maximum atomic E-state index is 8.00. The van der Waals surface area contributed by atoms with Crippen molar-refractivity contribution in [3.63, 3.8) is 0 Å². The van der Waals surface area contributed by atoms with E-state index in [1.807, 2.05) is 6.21 Å². The minimum atomic E-state index is 0.527. The molecule has 0 aliphatic carbocycles. The first-order chi connectivity index (χ1) is 7.86. The molecule has 0 saturated carbocycles. The molecule has 2 aromatic rings. The molecule has 3 rings (SSSR count). The van der Waals surface area contributed by atoms with Gasteiger partial charge in [0.15, 0.2) is 0 Å². The molecule has 1 aliphatic rings. The Labute approximate surface area is 91.7 Å². The largest absolute Gasteiger partial charge is 0.444 e. The Morgan fingerprint density at radius 1 is 1.44 bits per heavy atom. The van der Waals surface area contributed by atoms with Crippen molar-refractivity contribution >= 4 is 17.7 Å². The molecule has 0 amide bonds. The van der Waals surface area contributed by atoms with Gasteiger partial charge in [-0.2, -0.15) is 0 Å². The van der Waals surface area contributed by atoms with E-state index in [2.05, 4.69) is 15.0 Å². The van der Waals surface area contributed by atoms with E-state index in [1.54, 1.807) is 12.4 Å². The van der Waals surface area contributed by atoms with Gasteiger partial charge in [-0.25, -0.2) is 9.98 Å². The van der Waals surface area contributed by atoms with Gasteiger partial charge in [-0.15, -0.1) is 0 Å². The molecule has 0 radical (unpaired) electrons. The molecule has 5 nitrogen and oxygen atoms in total. The third kappa shape index (κ3) is 1.29. The number of nitrogens with zero attached hydrogens (tertiary/aromatic N) is 2. The summed E-state index contributed by atoms with van der Waals surface area (Å²) in [4.78, 5) is 11.4. The molecular weight excluding hydrogens is 204 g/mol. The molecule has 0 saturated heterocycles. The van der Waals surface area contributed by atoms with Gasteiger partial charge in [0, 0.05) is 18.1 Å². The molecule has 16 heavy (non-hydrogen) atoms. The zero-order valence-corrected chi connectivity index (χ0v) is 8.53. The summed E-state index contributed by atoms with van der Waals surface area (Å²) >= 11 is 0. The van der Waals surface area contributed by atoms with Crippen molar-refractivity contribution in [2.24, 2.45) is 4.99 Å². The topological polar surface area (TPSA) is 78.0 Å². The van der Waals surface area contributed by atoms with Crippen LogP contribution in [-0.4, -0.2) is 21.9 Å². The Morgan fingerprint density at radius 3 is 3.19 bits per heavy atom. The fraction of sp³-hybridized carbons (Fsp3) is 0.182. The molecule has 0 aromatic carbocycles. The number of hydrogen-bond acceptors (Lipinski definition) is 4. The van der Waals surface area contributed by atoms with Crippen LogP contribution in [0.5, 0.6) is 0 Å². The Bertz CT molecular complexity index is 551. The predicted molar refractivity (Wildman–Crippen MR) is 60.5 cm³/mol. The van der Waals surface area contributed by atoms with E-state index in [1.165, 1.54) is 6.26 Å². The summed E-state index contributed by atoms with van der Waals surface area (Å²) in [6, 6.07) is 0. The van der Waals surface area contributed by atoms with Crippen LogP contribution in [0.25, 0.3) is 11.5 Å². The molecule has 0 unspecified atom stereocenters.